The van der Waals surface area contributed by atoms with Crippen LogP contribution in [0, 0.1) is 11.6 Å². The number of hydrogen-bond donors (Lipinski definition) is 0. The van der Waals surface area contributed by atoms with E-state index in [1.165, 1.54) is 25.0 Å². The minimum atomic E-state index is -0.791. The first-order chi connectivity index (χ1) is 12.6. The molecule has 1 aromatic heterocycles. The Morgan fingerprint density at radius 2 is 2.00 bits per heavy atom. The maximum absolute atomic E-state index is 13.5. The van der Waals surface area contributed by atoms with Gasteiger partial charge in [-0.1, -0.05) is 6.07 Å². The van der Waals surface area contributed by atoms with Gasteiger partial charge in [-0.05, 0) is 56.0 Å². The van der Waals surface area contributed by atoms with Gasteiger partial charge in [-0.25, -0.2) is 18.7 Å². The van der Waals surface area contributed by atoms with Crippen molar-refractivity contribution in [3.63, 3.8) is 0 Å². The summed E-state index contributed by atoms with van der Waals surface area (Å²) in [4.78, 5) is 13.7. The van der Waals surface area contributed by atoms with E-state index in [1.807, 2.05) is 12.3 Å². The van der Waals surface area contributed by atoms with Gasteiger partial charge in [0.1, 0.15) is 11.6 Å². The number of anilines is 1. The summed E-state index contributed by atoms with van der Waals surface area (Å²) >= 11 is 0. The molecule has 4 nitrogen and oxygen atoms in total. The van der Waals surface area contributed by atoms with E-state index in [0.29, 0.717) is 18.5 Å². The van der Waals surface area contributed by atoms with Crippen LogP contribution in [0.4, 0.5) is 14.6 Å². The standard InChI is InChI=1S/C20H24F2N4/c1-25(19-8-9-23-20(24-19)15-5-6-15)16-3-2-10-26(13-16)12-14-4-7-17(21)18(22)11-14/h4,7-9,11,15-16H,2-3,5-6,10,12-13H2,1H3. The highest BCUT2D eigenvalue weighted by atomic mass is 19.2. The third-order valence-electron chi connectivity index (χ3n) is 5.38. The molecule has 1 unspecified atom stereocenters. The number of likely N-dealkylation sites (tertiary alicyclic amines) is 1. The molecule has 0 bridgehead atoms. The van der Waals surface area contributed by atoms with Crippen LogP contribution in [0.5, 0.6) is 0 Å². The van der Waals surface area contributed by atoms with Crippen molar-refractivity contribution in [2.75, 3.05) is 25.0 Å². The van der Waals surface area contributed by atoms with Crippen LogP contribution in [0.25, 0.3) is 0 Å². The van der Waals surface area contributed by atoms with Gasteiger partial charge in [-0.15, -0.1) is 0 Å². The first-order valence-corrected chi connectivity index (χ1v) is 9.32. The molecule has 138 valence electrons. The summed E-state index contributed by atoms with van der Waals surface area (Å²) in [7, 11) is 2.09. The van der Waals surface area contributed by atoms with Crippen molar-refractivity contribution < 1.29 is 8.78 Å². The van der Waals surface area contributed by atoms with E-state index in [2.05, 4.69) is 21.8 Å². The maximum Gasteiger partial charge on any atom is 0.159 e. The van der Waals surface area contributed by atoms with Gasteiger partial charge in [0.2, 0.25) is 0 Å². The van der Waals surface area contributed by atoms with Gasteiger partial charge in [-0.3, -0.25) is 4.90 Å². The van der Waals surface area contributed by atoms with Gasteiger partial charge in [0.15, 0.2) is 11.6 Å². The number of halogens is 2. The Hall–Kier alpha value is -2.08. The van der Waals surface area contributed by atoms with E-state index in [1.54, 1.807) is 6.07 Å². The monoisotopic (exact) mass is 358 g/mol. The molecule has 1 aromatic carbocycles. The Morgan fingerprint density at radius 1 is 1.15 bits per heavy atom. The minimum absolute atomic E-state index is 0.357. The van der Waals surface area contributed by atoms with Crippen LogP contribution in [-0.4, -0.2) is 41.0 Å². The van der Waals surface area contributed by atoms with Crippen LogP contribution in [0.3, 0.4) is 0 Å². The van der Waals surface area contributed by atoms with E-state index in [-0.39, 0.29) is 0 Å². The Labute approximate surface area is 152 Å². The lowest BCUT2D eigenvalue weighted by atomic mass is 10.0. The summed E-state index contributed by atoms with van der Waals surface area (Å²) in [6.07, 6.45) is 6.43. The molecule has 0 N–H and O–H groups in total. The van der Waals surface area contributed by atoms with Gasteiger partial charge < -0.3 is 4.90 Å². The van der Waals surface area contributed by atoms with Crippen LogP contribution in [0.2, 0.25) is 0 Å². The molecule has 2 fully saturated rings. The second-order valence-electron chi connectivity index (χ2n) is 7.44. The fraction of sp³-hybridized carbons (Fsp3) is 0.500. The highest BCUT2D eigenvalue weighted by molar-refractivity contribution is 5.38. The lowest BCUT2D eigenvalue weighted by Crippen LogP contribution is -2.46. The topological polar surface area (TPSA) is 32.3 Å². The van der Waals surface area contributed by atoms with Gasteiger partial charge >= 0.3 is 0 Å². The van der Waals surface area contributed by atoms with Crippen LogP contribution in [-0.2, 0) is 6.54 Å². The van der Waals surface area contributed by atoms with Crippen molar-refractivity contribution in [2.24, 2.45) is 0 Å². The van der Waals surface area contributed by atoms with Crippen molar-refractivity contribution in [2.45, 2.75) is 44.2 Å². The fourth-order valence-electron chi connectivity index (χ4n) is 3.67. The van der Waals surface area contributed by atoms with E-state index >= 15 is 0 Å². The van der Waals surface area contributed by atoms with E-state index in [4.69, 9.17) is 4.98 Å². The van der Waals surface area contributed by atoms with Crippen molar-refractivity contribution >= 4 is 5.82 Å². The molecule has 4 rings (SSSR count). The number of piperidine rings is 1. The molecule has 2 aromatic rings. The summed E-state index contributed by atoms with van der Waals surface area (Å²) in [6.45, 7) is 2.50. The lowest BCUT2D eigenvalue weighted by Gasteiger charge is -2.38. The van der Waals surface area contributed by atoms with Crippen molar-refractivity contribution in [3.8, 4) is 0 Å². The quantitative estimate of drug-likeness (QED) is 0.815. The van der Waals surface area contributed by atoms with E-state index in [9.17, 15) is 8.78 Å². The number of hydrogen-bond acceptors (Lipinski definition) is 4. The summed E-state index contributed by atoms with van der Waals surface area (Å²) < 4.78 is 26.6. The number of likely N-dealkylation sites (N-methyl/N-ethyl adjacent to an activating group) is 1. The molecule has 1 atom stereocenters. The van der Waals surface area contributed by atoms with Gasteiger partial charge in [-0.2, -0.15) is 0 Å². The summed E-state index contributed by atoms with van der Waals surface area (Å²) in [6, 6.07) is 6.50. The largest absolute Gasteiger partial charge is 0.355 e. The Morgan fingerprint density at radius 3 is 2.77 bits per heavy atom. The molecule has 1 aliphatic heterocycles. The van der Waals surface area contributed by atoms with Gasteiger partial charge in [0, 0.05) is 38.3 Å². The molecular formula is C20H24F2N4. The Balaban J connectivity index is 1.42. The van der Waals surface area contributed by atoms with Gasteiger partial charge in [0.05, 0.1) is 0 Å². The predicted octanol–water partition coefficient (Wildman–Crippen LogP) is 3.73. The van der Waals surface area contributed by atoms with Crippen molar-refractivity contribution in [1.82, 2.24) is 14.9 Å². The van der Waals surface area contributed by atoms with Crippen LogP contribution in [0.15, 0.2) is 30.5 Å². The molecule has 1 saturated carbocycles. The number of nitrogens with zero attached hydrogens (tertiary/aromatic N) is 4. The first kappa shape index (κ1) is 17.3. The number of aromatic nitrogens is 2. The minimum Gasteiger partial charge on any atom is -0.355 e. The molecule has 1 aliphatic carbocycles. The molecule has 6 heteroatoms. The second kappa shape index (κ2) is 7.27. The lowest BCUT2D eigenvalue weighted by molar-refractivity contribution is 0.198. The first-order valence-electron chi connectivity index (χ1n) is 9.32. The third-order valence-corrected chi connectivity index (χ3v) is 5.38. The van der Waals surface area contributed by atoms with Crippen molar-refractivity contribution in [1.29, 1.82) is 0 Å². The molecular weight excluding hydrogens is 334 g/mol. The zero-order valence-electron chi connectivity index (χ0n) is 15.0. The average molecular weight is 358 g/mol. The van der Waals surface area contributed by atoms with Crippen LogP contribution < -0.4 is 4.90 Å². The zero-order valence-corrected chi connectivity index (χ0v) is 15.0. The smallest absolute Gasteiger partial charge is 0.159 e. The zero-order chi connectivity index (χ0) is 18.1. The second-order valence-corrected chi connectivity index (χ2v) is 7.44. The molecule has 0 radical (unpaired) electrons. The SMILES string of the molecule is CN(c1ccnc(C2CC2)n1)C1CCCN(Cc2ccc(F)c(F)c2)C1. The van der Waals surface area contributed by atoms with Crippen molar-refractivity contribution in [3.05, 3.63) is 53.5 Å². The molecule has 26 heavy (non-hydrogen) atoms. The molecule has 0 amide bonds. The number of rotatable bonds is 5. The average Bonchev–Trinajstić information content (AvgIpc) is 3.50. The normalized spacial score (nSPS) is 21.0. The third kappa shape index (κ3) is 3.85. The summed E-state index contributed by atoms with van der Waals surface area (Å²) in [5.74, 6) is 0.909. The van der Waals surface area contributed by atoms with E-state index < -0.39 is 11.6 Å². The number of benzene rings is 1. The maximum atomic E-state index is 13.5. The molecule has 2 heterocycles. The van der Waals surface area contributed by atoms with Crippen LogP contribution in [0.1, 0.15) is 43.0 Å². The van der Waals surface area contributed by atoms with Gasteiger partial charge in [0.25, 0.3) is 0 Å². The van der Waals surface area contributed by atoms with Crippen LogP contribution >= 0.6 is 0 Å². The summed E-state index contributed by atoms with van der Waals surface area (Å²) in [5, 5.41) is 0. The Bertz CT molecular complexity index is 778. The summed E-state index contributed by atoms with van der Waals surface area (Å²) in [5.41, 5.74) is 0.810. The van der Waals surface area contributed by atoms with E-state index in [0.717, 1.165) is 43.1 Å². The predicted molar refractivity (Wildman–Crippen MR) is 97.1 cm³/mol. The molecule has 1 saturated heterocycles. The highest BCUT2D eigenvalue weighted by Crippen LogP contribution is 2.38. The Kier molecular flexibility index (Phi) is 4.85. The fourth-order valence-corrected chi connectivity index (χ4v) is 3.67. The highest BCUT2D eigenvalue weighted by Gasteiger charge is 2.28. The molecule has 2 aliphatic rings. The molecule has 0 spiro atoms.